The molecule has 0 saturated carbocycles. The van der Waals surface area contributed by atoms with Crippen LogP contribution in [0.5, 0.6) is 0 Å². The normalized spacial score (nSPS) is 12.5. The summed E-state index contributed by atoms with van der Waals surface area (Å²) in [6, 6.07) is 1.51. The molecule has 0 bridgehead atoms. The van der Waals surface area contributed by atoms with Crippen molar-refractivity contribution in [2.75, 3.05) is 11.9 Å². The first kappa shape index (κ1) is 15.5. The van der Waals surface area contributed by atoms with Gasteiger partial charge in [0.15, 0.2) is 0 Å². The molecule has 3 N–H and O–H groups in total. The lowest BCUT2D eigenvalue weighted by Gasteiger charge is -2.17. The molecule has 0 fully saturated rings. The summed E-state index contributed by atoms with van der Waals surface area (Å²) in [5.41, 5.74) is 0. The van der Waals surface area contributed by atoms with Gasteiger partial charge in [0.1, 0.15) is 5.82 Å². The number of carbonyl (C=O) groups excluding carboxylic acids is 1. The zero-order valence-corrected chi connectivity index (χ0v) is 11.9. The molecule has 1 atom stereocenters. The fraction of sp³-hybridized carbons (Fsp3) is 0.692. The number of nitrogens with one attached hydrogen (secondary N) is 2. The van der Waals surface area contributed by atoms with Crippen LogP contribution in [0.2, 0.25) is 0 Å². The molecular formula is C13H24N4O2. The Bertz CT molecular complexity index is 390. The first-order valence-corrected chi connectivity index (χ1v) is 6.77. The smallest absolute Gasteiger partial charge is 0.320 e. The van der Waals surface area contributed by atoms with Crippen LogP contribution in [0.3, 0.4) is 0 Å². The zero-order valence-electron chi connectivity index (χ0n) is 11.9. The van der Waals surface area contributed by atoms with Gasteiger partial charge in [-0.25, -0.2) is 9.48 Å². The maximum absolute atomic E-state index is 11.8. The van der Waals surface area contributed by atoms with Gasteiger partial charge in [0, 0.05) is 25.3 Å². The highest BCUT2D eigenvalue weighted by molar-refractivity contribution is 5.88. The molecule has 0 aromatic carbocycles. The number of nitrogens with zero attached hydrogens (tertiary/aromatic N) is 2. The zero-order chi connectivity index (χ0) is 14.3. The highest BCUT2D eigenvalue weighted by Gasteiger charge is 2.12. The third kappa shape index (κ3) is 5.30. The highest BCUT2D eigenvalue weighted by Crippen LogP contribution is 2.09. The van der Waals surface area contributed by atoms with Crippen LogP contribution in [0, 0.1) is 5.92 Å². The van der Waals surface area contributed by atoms with E-state index in [0.717, 1.165) is 13.0 Å². The van der Waals surface area contributed by atoms with Crippen LogP contribution in [0.25, 0.3) is 0 Å². The summed E-state index contributed by atoms with van der Waals surface area (Å²) in [5.74, 6) is 1.14. The maximum Gasteiger partial charge on any atom is 0.320 e. The lowest BCUT2D eigenvalue weighted by molar-refractivity contribution is 0.237. The average Bonchev–Trinajstić information content (AvgIpc) is 2.75. The fourth-order valence-corrected chi connectivity index (χ4v) is 1.80. The Morgan fingerprint density at radius 1 is 1.53 bits per heavy atom. The van der Waals surface area contributed by atoms with Gasteiger partial charge in [-0.2, -0.15) is 5.10 Å². The van der Waals surface area contributed by atoms with Crippen molar-refractivity contribution in [3.8, 4) is 0 Å². The summed E-state index contributed by atoms with van der Waals surface area (Å²) in [6.07, 6.45) is 3.03. The van der Waals surface area contributed by atoms with Crippen molar-refractivity contribution in [1.82, 2.24) is 15.1 Å². The van der Waals surface area contributed by atoms with Crippen molar-refractivity contribution in [3.05, 3.63) is 12.3 Å². The number of urea groups is 1. The van der Waals surface area contributed by atoms with Crippen LogP contribution in [0.15, 0.2) is 12.3 Å². The third-order valence-corrected chi connectivity index (χ3v) is 2.80. The number of hydrogen-bond donors (Lipinski definition) is 3. The Hall–Kier alpha value is -1.56. The number of carbonyl (C=O) groups is 1. The average molecular weight is 268 g/mol. The molecule has 0 saturated heterocycles. The fourth-order valence-electron chi connectivity index (χ4n) is 1.80. The van der Waals surface area contributed by atoms with Crippen molar-refractivity contribution in [1.29, 1.82) is 0 Å². The molecule has 1 heterocycles. The molecule has 0 aliphatic rings. The number of aliphatic hydroxyl groups excluding tert-OH is 1. The molecule has 1 aromatic heterocycles. The van der Waals surface area contributed by atoms with E-state index in [1.807, 2.05) is 6.92 Å². The van der Waals surface area contributed by atoms with Crippen molar-refractivity contribution < 1.29 is 9.90 Å². The second-order valence-corrected chi connectivity index (χ2v) is 5.01. The lowest BCUT2D eigenvalue weighted by Crippen LogP contribution is -2.38. The molecule has 1 aromatic rings. The summed E-state index contributed by atoms with van der Waals surface area (Å²) in [6.45, 7) is 7.00. The maximum atomic E-state index is 11.8. The molecule has 6 heteroatoms. The van der Waals surface area contributed by atoms with Crippen LogP contribution in [-0.2, 0) is 6.54 Å². The predicted molar refractivity (Wildman–Crippen MR) is 75.0 cm³/mol. The van der Waals surface area contributed by atoms with Gasteiger partial charge >= 0.3 is 6.03 Å². The van der Waals surface area contributed by atoms with E-state index in [1.54, 1.807) is 16.9 Å². The van der Waals surface area contributed by atoms with E-state index < -0.39 is 0 Å². The Morgan fingerprint density at radius 2 is 2.26 bits per heavy atom. The standard InChI is InChI=1S/C13H24N4O2/c1-4-11(6-8-18)15-13(19)16-12-5-7-14-17(12)9-10(2)3/h5,7,10-11,18H,4,6,8-9H2,1-3H3,(H2,15,16,19). The van der Waals surface area contributed by atoms with E-state index in [-0.39, 0.29) is 18.7 Å². The van der Waals surface area contributed by atoms with Gasteiger partial charge in [0.05, 0.1) is 6.20 Å². The largest absolute Gasteiger partial charge is 0.396 e. The molecule has 1 rings (SSSR count). The molecule has 1 unspecified atom stereocenters. The van der Waals surface area contributed by atoms with Crippen LogP contribution in [-0.4, -0.2) is 33.6 Å². The second-order valence-electron chi connectivity index (χ2n) is 5.01. The number of rotatable bonds is 7. The predicted octanol–water partition coefficient (Wildman–Crippen LogP) is 1.82. The van der Waals surface area contributed by atoms with Gasteiger partial charge in [-0.05, 0) is 18.8 Å². The van der Waals surface area contributed by atoms with Crippen molar-refractivity contribution in [3.63, 3.8) is 0 Å². The molecule has 108 valence electrons. The first-order valence-electron chi connectivity index (χ1n) is 6.77. The minimum absolute atomic E-state index is 0.00790. The Labute approximate surface area is 114 Å². The van der Waals surface area contributed by atoms with Gasteiger partial charge in [-0.1, -0.05) is 20.8 Å². The molecule has 2 amide bonds. The number of hydrogen-bond acceptors (Lipinski definition) is 3. The molecule has 0 spiro atoms. The summed E-state index contributed by atoms with van der Waals surface area (Å²) in [5, 5.41) is 18.7. The topological polar surface area (TPSA) is 79.2 Å². The minimum Gasteiger partial charge on any atom is -0.396 e. The summed E-state index contributed by atoms with van der Waals surface area (Å²) >= 11 is 0. The van der Waals surface area contributed by atoms with E-state index in [0.29, 0.717) is 18.2 Å². The van der Waals surface area contributed by atoms with E-state index in [1.165, 1.54) is 0 Å². The molecule has 6 nitrogen and oxygen atoms in total. The summed E-state index contributed by atoms with van der Waals surface area (Å²) in [7, 11) is 0. The Morgan fingerprint density at radius 3 is 2.84 bits per heavy atom. The van der Waals surface area contributed by atoms with Crippen LogP contribution in [0.1, 0.15) is 33.6 Å². The quantitative estimate of drug-likeness (QED) is 0.705. The van der Waals surface area contributed by atoms with Crippen LogP contribution in [0.4, 0.5) is 10.6 Å². The highest BCUT2D eigenvalue weighted by atomic mass is 16.3. The monoisotopic (exact) mass is 268 g/mol. The Balaban J connectivity index is 2.54. The van der Waals surface area contributed by atoms with Gasteiger partial charge in [0.25, 0.3) is 0 Å². The summed E-state index contributed by atoms with van der Waals surface area (Å²) < 4.78 is 1.78. The number of aliphatic hydroxyl groups is 1. The number of aromatic nitrogens is 2. The van der Waals surface area contributed by atoms with E-state index >= 15 is 0 Å². The molecular weight excluding hydrogens is 244 g/mol. The van der Waals surface area contributed by atoms with Gasteiger partial charge in [-0.15, -0.1) is 0 Å². The first-order chi connectivity index (χ1) is 9.06. The second kappa shape index (κ2) is 7.78. The van der Waals surface area contributed by atoms with Gasteiger partial charge in [0.2, 0.25) is 0 Å². The lowest BCUT2D eigenvalue weighted by atomic mass is 10.2. The number of amides is 2. The minimum atomic E-state index is -0.259. The SMILES string of the molecule is CCC(CCO)NC(=O)Nc1ccnn1CC(C)C. The summed E-state index contributed by atoms with van der Waals surface area (Å²) in [4.78, 5) is 11.8. The van der Waals surface area contributed by atoms with Crippen LogP contribution >= 0.6 is 0 Å². The van der Waals surface area contributed by atoms with Crippen LogP contribution < -0.4 is 10.6 Å². The molecule has 0 radical (unpaired) electrons. The number of anilines is 1. The van der Waals surface area contributed by atoms with Gasteiger partial charge < -0.3 is 10.4 Å². The van der Waals surface area contributed by atoms with Crippen molar-refractivity contribution >= 4 is 11.8 Å². The molecule has 0 aliphatic heterocycles. The van der Waals surface area contributed by atoms with Crippen molar-refractivity contribution in [2.24, 2.45) is 5.92 Å². The van der Waals surface area contributed by atoms with Crippen molar-refractivity contribution in [2.45, 2.75) is 46.2 Å². The van der Waals surface area contributed by atoms with E-state index in [9.17, 15) is 4.79 Å². The molecule has 0 aliphatic carbocycles. The Kier molecular flexibility index (Phi) is 6.35. The molecule has 19 heavy (non-hydrogen) atoms. The van der Waals surface area contributed by atoms with E-state index in [4.69, 9.17) is 5.11 Å². The van der Waals surface area contributed by atoms with E-state index in [2.05, 4.69) is 29.6 Å². The third-order valence-electron chi connectivity index (χ3n) is 2.80. The van der Waals surface area contributed by atoms with Gasteiger partial charge in [-0.3, -0.25) is 5.32 Å².